The third kappa shape index (κ3) is 6.30. The molecule has 0 bridgehead atoms. The van der Waals surface area contributed by atoms with Crippen molar-refractivity contribution in [1.29, 1.82) is 0 Å². The van der Waals surface area contributed by atoms with Crippen LogP contribution in [0.15, 0.2) is 47.5 Å². The van der Waals surface area contributed by atoms with Crippen LogP contribution in [0.4, 0.5) is 0 Å². The number of aliphatic imine (C=N–C) groups is 1. The lowest BCUT2D eigenvalue weighted by molar-refractivity contribution is 0.0963. The summed E-state index contributed by atoms with van der Waals surface area (Å²) in [4.78, 5) is 15.9. The van der Waals surface area contributed by atoms with E-state index in [0.29, 0.717) is 24.6 Å². The summed E-state index contributed by atoms with van der Waals surface area (Å²) in [6.07, 6.45) is 0.121. The van der Waals surface area contributed by atoms with E-state index in [-0.39, 0.29) is 12.0 Å². The van der Waals surface area contributed by atoms with Crippen molar-refractivity contribution in [3.8, 4) is 5.75 Å². The number of nitrogens with zero attached hydrogens (tertiary/aromatic N) is 1. The lowest BCUT2D eigenvalue weighted by atomic mass is 10.1. The van der Waals surface area contributed by atoms with Gasteiger partial charge >= 0.3 is 0 Å². The van der Waals surface area contributed by atoms with Crippen molar-refractivity contribution in [1.82, 2.24) is 16.0 Å². The molecule has 0 aliphatic carbocycles. The number of rotatable bonds is 7. The highest BCUT2D eigenvalue weighted by Crippen LogP contribution is 2.21. The van der Waals surface area contributed by atoms with Gasteiger partial charge in [-0.15, -0.1) is 0 Å². The molecule has 0 saturated carbocycles. The van der Waals surface area contributed by atoms with E-state index in [9.17, 15) is 4.79 Å². The Kier molecular flexibility index (Phi) is 7.87. The molecule has 2 aromatic carbocycles. The first-order valence-corrected chi connectivity index (χ1v) is 9.44. The number of guanidine groups is 1. The molecule has 0 unspecified atom stereocenters. The van der Waals surface area contributed by atoms with Gasteiger partial charge in [-0.1, -0.05) is 24.3 Å². The molecule has 6 nitrogen and oxygen atoms in total. The highest BCUT2D eigenvalue weighted by atomic mass is 16.5. The number of aryl methyl sites for hydroxylation is 1. The number of amides is 1. The fraction of sp³-hybridized carbons (Fsp3) is 0.364. The number of benzene rings is 2. The summed E-state index contributed by atoms with van der Waals surface area (Å²) in [5.41, 5.74) is 3.96. The molecule has 150 valence electrons. The molecule has 0 fully saturated rings. The Bertz CT molecular complexity index is 814. The van der Waals surface area contributed by atoms with Gasteiger partial charge in [0, 0.05) is 38.3 Å². The van der Waals surface area contributed by atoms with Crippen molar-refractivity contribution >= 4 is 11.9 Å². The normalized spacial score (nSPS) is 11.3. The molecule has 0 aromatic heterocycles. The zero-order chi connectivity index (χ0) is 20.5. The first kappa shape index (κ1) is 21.3. The molecule has 2 aromatic rings. The number of ether oxygens (including phenoxy) is 1. The van der Waals surface area contributed by atoms with Gasteiger partial charge in [0.25, 0.3) is 5.91 Å². The molecule has 0 atom stereocenters. The maximum Gasteiger partial charge on any atom is 0.251 e. The fourth-order valence-corrected chi connectivity index (χ4v) is 2.68. The van der Waals surface area contributed by atoms with Crippen molar-refractivity contribution in [3.63, 3.8) is 0 Å². The van der Waals surface area contributed by atoms with Crippen LogP contribution in [0.25, 0.3) is 0 Å². The fourth-order valence-electron chi connectivity index (χ4n) is 2.68. The summed E-state index contributed by atoms with van der Waals surface area (Å²) in [6, 6.07) is 13.7. The van der Waals surface area contributed by atoms with Crippen LogP contribution in [0, 0.1) is 6.92 Å². The van der Waals surface area contributed by atoms with Crippen molar-refractivity contribution in [3.05, 3.63) is 64.7 Å². The average Bonchev–Trinajstić information content (AvgIpc) is 2.68. The number of hydrogen-bond acceptors (Lipinski definition) is 3. The van der Waals surface area contributed by atoms with E-state index < -0.39 is 0 Å². The first-order chi connectivity index (χ1) is 13.4. The number of hydrogen-bond donors (Lipinski definition) is 3. The molecule has 2 rings (SSSR count). The van der Waals surface area contributed by atoms with E-state index in [2.05, 4.69) is 46.1 Å². The van der Waals surface area contributed by atoms with Gasteiger partial charge in [-0.05, 0) is 50.1 Å². The highest BCUT2D eigenvalue weighted by molar-refractivity contribution is 5.93. The van der Waals surface area contributed by atoms with Gasteiger partial charge in [-0.3, -0.25) is 9.79 Å². The Balaban J connectivity index is 1.94. The molecular formula is C22H30N4O2. The van der Waals surface area contributed by atoms with E-state index in [0.717, 1.165) is 16.9 Å². The number of carbonyl (C=O) groups excluding carboxylic acids is 1. The highest BCUT2D eigenvalue weighted by Gasteiger charge is 2.08. The third-order valence-corrected chi connectivity index (χ3v) is 4.16. The van der Waals surface area contributed by atoms with Crippen LogP contribution < -0.4 is 20.7 Å². The number of carbonyl (C=O) groups is 1. The van der Waals surface area contributed by atoms with Crippen LogP contribution >= 0.6 is 0 Å². The molecule has 0 aliphatic rings. The van der Waals surface area contributed by atoms with Crippen molar-refractivity contribution in [2.24, 2.45) is 4.99 Å². The van der Waals surface area contributed by atoms with Crippen LogP contribution in [0.3, 0.4) is 0 Å². The van der Waals surface area contributed by atoms with E-state index in [4.69, 9.17) is 4.74 Å². The Labute approximate surface area is 167 Å². The molecule has 3 N–H and O–H groups in total. The Hall–Kier alpha value is -3.02. The SMILES string of the molecule is CN=C(NCc1ccc(C(=O)NC)cc1)NCc1ccc(C)cc1OC(C)C. The molecule has 0 radical (unpaired) electrons. The molecule has 0 aliphatic heterocycles. The minimum atomic E-state index is -0.0884. The predicted molar refractivity (Wildman–Crippen MR) is 114 cm³/mol. The smallest absolute Gasteiger partial charge is 0.251 e. The van der Waals surface area contributed by atoms with Gasteiger partial charge in [0.15, 0.2) is 5.96 Å². The largest absolute Gasteiger partial charge is 0.491 e. The average molecular weight is 383 g/mol. The first-order valence-electron chi connectivity index (χ1n) is 9.44. The monoisotopic (exact) mass is 382 g/mol. The van der Waals surface area contributed by atoms with E-state index in [1.54, 1.807) is 14.1 Å². The minimum absolute atomic E-state index is 0.0884. The zero-order valence-corrected chi connectivity index (χ0v) is 17.3. The summed E-state index contributed by atoms with van der Waals surface area (Å²) in [5.74, 6) is 1.50. The second-order valence-electron chi connectivity index (χ2n) is 6.83. The van der Waals surface area contributed by atoms with Crippen LogP contribution in [0.5, 0.6) is 5.75 Å². The summed E-state index contributed by atoms with van der Waals surface area (Å²) >= 11 is 0. The summed E-state index contributed by atoms with van der Waals surface area (Å²) in [6.45, 7) is 7.32. The Morgan fingerprint density at radius 1 is 1.07 bits per heavy atom. The molecular weight excluding hydrogens is 352 g/mol. The van der Waals surface area contributed by atoms with Gasteiger partial charge in [-0.2, -0.15) is 0 Å². The van der Waals surface area contributed by atoms with E-state index >= 15 is 0 Å². The lowest BCUT2D eigenvalue weighted by Crippen LogP contribution is -2.36. The summed E-state index contributed by atoms with van der Waals surface area (Å²) in [7, 11) is 3.36. The van der Waals surface area contributed by atoms with Gasteiger partial charge in [0.05, 0.1) is 6.10 Å². The molecule has 1 amide bonds. The van der Waals surface area contributed by atoms with Gasteiger partial charge in [-0.25, -0.2) is 0 Å². The van der Waals surface area contributed by atoms with Crippen LogP contribution in [-0.2, 0) is 13.1 Å². The van der Waals surface area contributed by atoms with Crippen molar-refractivity contribution < 1.29 is 9.53 Å². The van der Waals surface area contributed by atoms with E-state index in [1.807, 2.05) is 38.1 Å². The van der Waals surface area contributed by atoms with Gasteiger partial charge in [0.2, 0.25) is 0 Å². The van der Waals surface area contributed by atoms with Gasteiger partial charge < -0.3 is 20.7 Å². The Morgan fingerprint density at radius 2 is 1.75 bits per heavy atom. The van der Waals surface area contributed by atoms with Gasteiger partial charge in [0.1, 0.15) is 5.75 Å². The quantitative estimate of drug-likeness (QED) is 0.508. The lowest BCUT2D eigenvalue weighted by Gasteiger charge is -2.17. The van der Waals surface area contributed by atoms with Crippen LogP contribution in [0.1, 0.15) is 40.9 Å². The molecule has 6 heteroatoms. The molecule has 28 heavy (non-hydrogen) atoms. The molecule has 0 spiro atoms. The number of nitrogens with one attached hydrogen (secondary N) is 3. The summed E-state index contributed by atoms with van der Waals surface area (Å²) in [5, 5.41) is 9.23. The second-order valence-corrected chi connectivity index (χ2v) is 6.83. The van der Waals surface area contributed by atoms with Crippen molar-refractivity contribution in [2.75, 3.05) is 14.1 Å². The predicted octanol–water partition coefficient (Wildman–Crippen LogP) is 3.01. The van der Waals surface area contributed by atoms with Crippen LogP contribution in [-0.4, -0.2) is 32.1 Å². The molecule has 0 saturated heterocycles. The van der Waals surface area contributed by atoms with Crippen LogP contribution in [0.2, 0.25) is 0 Å². The Morgan fingerprint density at radius 3 is 2.36 bits per heavy atom. The summed E-state index contributed by atoms with van der Waals surface area (Å²) < 4.78 is 5.93. The maximum absolute atomic E-state index is 11.6. The molecule has 0 heterocycles. The second kappa shape index (κ2) is 10.3. The standard InChI is InChI=1S/C22H30N4O2/c1-15(2)28-20-12-16(3)6-9-19(20)14-26-22(24-5)25-13-17-7-10-18(11-8-17)21(27)23-4/h6-12,15H,13-14H2,1-5H3,(H,23,27)(H2,24,25,26). The van der Waals surface area contributed by atoms with E-state index in [1.165, 1.54) is 5.56 Å². The maximum atomic E-state index is 11.6. The third-order valence-electron chi connectivity index (χ3n) is 4.16. The zero-order valence-electron chi connectivity index (χ0n) is 17.3. The minimum Gasteiger partial charge on any atom is -0.491 e. The topological polar surface area (TPSA) is 74.8 Å². The van der Waals surface area contributed by atoms with Crippen molar-refractivity contribution in [2.45, 2.75) is 40.0 Å².